The Hall–Kier alpha value is -2.16. The van der Waals surface area contributed by atoms with Crippen LogP contribution in [0.25, 0.3) is 0 Å². The number of methoxy groups -OCH3 is 1. The number of sulfonamides is 1. The number of benzene rings is 1. The highest BCUT2D eigenvalue weighted by Gasteiger charge is 2.22. The van der Waals surface area contributed by atoms with Crippen LogP contribution in [0.1, 0.15) is 42.2 Å². The van der Waals surface area contributed by atoms with Crippen LogP contribution >= 0.6 is 0 Å². The molecule has 0 spiro atoms. The molecule has 0 saturated carbocycles. The fourth-order valence-electron chi connectivity index (χ4n) is 4.02. The number of hydrogen-bond acceptors (Lipinski definition) is 6. The lowest BCUT2D eigenvalue weighted by atomic mass is 10.0. The van der Waals surface area contributed by atoms with Gasteiger partial charge in [-0.15, -0.1) is 0 Å². The van der Waals surface area contributed by atoms with Crippen LogP contribution in [-0.2, 0) is 27.6 Å². The molecule has 0 radical (unpaired) electrons. The van der Waals surface area contributed by atoms with Gasteiger partial charge in [0.15, 0.2) is 0 Å². The third-order valence-corrected chi connectivity index (χ3v) is 7.21. The first kappa shape index (κ1) is 21.1. The van der Waals surface area contributed by atoms with Crippen molar-refractivity contribution in [1.29, 1.82) is 0 Å². The van der Waals surface area contributed by atoms with Crippen LogP contribution in [-0.4, -0.2) is 52.2 Å². The van der Waals surface area contributed by atoms with E-state index in [2.05, 4.69) is 21.7 Å². The van der Waals surface area contributed by atoms with E-state index in [1.54, 1.807) is 12.1 Å². The van der Waals surface area contributed by atoms with Crippen LogP contribution in [0, 0.1) is 0 Å². The lowest BCUT2D eigenvalue weighted by Crippen LogP contribution is -2.20. The average molecular weight is 432 g/mol. The highest BCUT2D eigenvalue weighted by Crippen LogP contribution is 2.31. The number of rotatable bonds is 5. The van der Waals surface area contributed by atoms with Crippen molar-refractivity contribution in [2.45, 2.75) is 43.1 Å². The van der Waals surface area contributed by atoms with E-state index in [1.165, 1.54) is 7.11 Å². The van der Waals surface area contributed by atoms with Gasteiger partial charge in [0.25, 0.3) is 10.0 Å². The summed E-state index contributed by atoms with van der Waals surface area (Å²) in [5.41, 5.74) is 3.42. The van der Waals surface area contributed by atoms with Crippen molar-refractivity contribution < 1.29 is 17.9 Å². The SMILES string of the molecule is COc1nc2c(cc1NS(=O)(=O)c1ccc(C3CCCCO3)cc1)CCN(C)CC2. The smallest absolute Gasteiger partial charge is 0.262 e. The first-order chi connectivity index (χ1) is 14.5. The molecule has 1 atom stereocenters. The zero-order valence-corrected chi connectivity index (χ0v) is 18.4. The summed E-state index contributed by atoms with van der Waals surface area (Å²) in [6.07, 6.45) is 4.88. The number of aromatic nitrogens is 1. The molecule has 8 heteroatoms. The second kappa shape index (κ2) is 8.91. The van der Waals surface area contributed by atoms with Crippen molar-refractivity contribution in [3.63, 3.8) is 0 Å². The maximum atomic E-state index is 13.0. The Kier molecular flexibility index (Phi) is 6.26. The molecule has 0 aliphatic carbocycles. The fourth-order valence-corrected chi connectivity index (χ4v) is 5.07. The summed E-state index contributed by atoms with van der Waals surface area (Å²) >= 11 is 0. The van der Waals surface area contributed by atoms with Crippen LogP contribution < -0.4 is 9.46 Å². The third-order valence-electron chi connectivity index (χ3n) is 5.83. The Morgan fingerprint density at radius 1 is 1.17 bits per heavy atom. The normalized spacial score (nSPS) is 20.3. The highest BCUT2D eigenvalue weighted by molar-refractivity contribution is 7.92. The Morgan fingerprint density at radius 2 is 1.93 bits per heavy atom. The van der Waals surface area contributed by atoms with Gasteiger partial charge in [-0.3, -0.25) is 4.72 Å². The summed E-state index contributed by atoms with van der Waals surface area (Å²) in [7, 11) is -0.175. The topological polar surface area (TPSA) is 80.8 Å². The molecule has 0 bridgehead atoms. The first-order valence-electron chi connectivity index (χ1n) is 10.5. The van der Waals surface area contributed by atoms with Crippen molar-refractivity contribution in [2.24, 2.45) is 0 Å². The predicted molar refractivity (Wildman–Crippen MR) is 115 cm³/mol. The number of likely N-dealkylation sites (N-methyl/N-ethyl adjacent to an activating group) is 1. The molecule has 4 rings (SSSR count). The van der Waals surface area contributed by atoms with E-state index in [4.69, 9.17) is 9.47 Å². The average Bonchev–Trinajstić information content (AvgIpc) is 2.95. The number of pyridine rings is 1. The molecule has 1 unspecified atom stereocenters. The molecule has 7 nitrogen and oxygen atoms in total. The van der Waals surface area contributed by atoms with Crippen LogP contribution in [0.4, 0.5) is 5.69 Å². The van der Waals surface area contributed by atoms with Crippen molar-refractivity contribution in [2.75, 3.05) is 38.6 Å². The first-order valence-corrected chi connectivity index (χ1v) is 11.9. The van der Waals surface area contributed by atoms with E-state index in [0.717, 1.165) is 68.6 Å². The lowest BCUT2D eigenvalue weighted by Gasteiger charge is -2.23. The minimum Gasteiger partial charge on any atom is -0.479 e. The molecule has 1 fully saturated rings. The molecule has 0 amide bonds. The Balaban J connectivity index is 1.57. The quantitative estimate of drug-likeness (QED) is 0.783. The van der Waals surface area contributed by atoms with E-state index in [-0.39, 0.29) is 11.0 Å². The largest absolute Gasteiger partial charge is 0.479 e. The van der Waals surface area contributed by atoms with E-state index >= 15 is 0 Å². The molecular formula is C22H29N3O4S. The Labute approximate surface area is 178 Å². The molecule has 30 heavy (non-hydrogen) atoms. The third kappa shape index (κ3) is 4.61. The van der Waals surface area contributed by atoms with Gasteiger partial charge >= 0.3 is 0 Å². The molecule has 1 N–H and O–H groups in total. The van der Waals surface area contributed by atoms with Crippen LogP contribution in [0.15, 0.2) is 35.2 Å². The van der Waals surface area contributed by atoms with Crippen molar-refractivity contribution in [3.05, 3.63) is 47.2 Å². The molecule has 3 heterocycles. The summed E-state index contributed by atoms with van der Waals surface area (Å²) in [6, 6.07) is 8.81. The van der Waals surface area contributed by atoms with Gasteiger partial charge in [-0.25, -0.2) is 13.4 Å². The fraction of sp³-hybridized carbons (Fsp3) is 0.500. The van der Waals surface area contributed by atoms with Gasteiger partial charge in [0.2, 0.25) is 5.88 Å². The van der Waals surface area contributed by atoms with Gasteiger partial charge in [-0.1, -0.05) is 12.1 Å². The summed E-state index contributed by atoms with van der Waals surface area (Å²) in [5, 5.41) is 0. The van der Waals surface area contributed by atoms with Gasteiger partial charge < -0.3 is 14.4 Å². The number of ether oxygens (including phenoxy) is 2. The second-order valence-corrected chi connectivity index (χ2v) is 9.67. The number of nitrogens with zero attached hydrogens (tertiary/aromatic N) is 2. The number of hydrogen-bond donors (Lipinski definition) is 1. The number of nitrogens with one attached hydrogen (secondary N) is 1. The Bertz CT molecular complexity index is 986. The van der Waals surface area contributed by atoms with E-state index in [0.29, 0.717) is 11.6 Å². The molecule has 1 aromatic carbocycles. The second-order valence-electron chi connectivity index (χ2n) is 7.98. The standard InChI is InChI=1S/C22H29N3O4S/c1-25-12-10-17-15-20(22(28-2)23-19(17)11-13-25)24-30(26,27)18-8-6-16(7-9-18)21-5-3-4-14-29-21/h6-9,15,21,24H,3-5,10-14H2,1-2H3. The zero-order chi connectivity index (χ0) is 21.1. The summed E-state index contributed by atoms with van der Waals surface area (Å²) < 4.78 is 39.9. The predicted octanol–water partition coefficient (Wildman–Crippen LogP) is 3.16. The molecule has 2 aliphatic rings. The minimum absolute atomic E-state index is 0.0514. The summed E-state index contributed by atoms with van der Waals surface area (Å²) in [6.45, 7) is 2.59. The summed E-state index contributed by atoms with van der Waals surface area (Å²) in [5.74, 6) is 0.300. The number of fused-ring (bicyclic) bond motifs is 1. The summed E-state index contributed by atoms with van der Waals surface area (Å²) in [4.78, 5) is 7.04. The maximum absolute atomic E-state index is 13.0. The Morgan fingerprint density at radius 3 is 2.63 bits per heavy atom. The van der Waals surface area contributed by atoms with Crippen LogP contribution in [0.5, 0.6) is 5.88 Å². The zero-order valence-electron chi connectivity index (χ0n) is 17.6. The monoisotopic (exact) mass is 431 g/mol. The van der Waals surface area contributed by atoms with Gasteiger partial charge in [-0.2, -0.15) is 0 Å². The van der Waals surface area contributed by atoms with Crippen molar-refractivity contribution in [3.8, 4) is 5.88 Å². The minimum atomic E-state index is -3.76. The molecule has 162 valence electrons. The lowest BCUT2D eigenvalue weighted by molar-refractivity contribution is 0.0149. The molecule has 1 saturated heterocycles. The van der Waals surface area contributed by atoms with E-state index < -0.39 is 10.0 Å². The van der Waals surface area contributed by atoms with Gasteiger partial charge in [0.05, 0.1) is 18.1 Å². The molecule has 2 aromatic rings. The molecular weight excluding hydrogens is 402 g/mol. The van der Waals surface area contributed by atoms with Crippen LogP contribution in [0.2, 0.25) is 0 Å². The molecule has 2 aliphatic heterocycles. The van der Waals surface area contributed by atoms with Crippen molar-refractivity contribution in [1.82, 2.24) is 9.88 Å². The molecule has 1 aromatic heterocycles. The van der Waals surface area contributed by atoms with Gasteiger partial charge in [-0.05, 0) is 62.1 Å². The highest BCUT2D eigenvalue weighted by atomic mass is 32.2. The van der Waals surface area contributed by atoms with Crippen molar-refractivity contribution >= 4 is 15.7 Å². The van der Waals surface area contributed by atoms with Gasteiger partial charge in [0, 0.05) is 31.8 Å². The maximum Gasteiger partial charge on any atom is 0.262 e. The number of anilines is 1. The van der Waals surface area contributed by atoms with E-state index in [9.17, 15) is 8.42 Å². The van der Waals surface area contributed by atoms with Crippen LogP contribution in [0.3, 0.4) is 0 Å². The van der Waals surface area contributed by atoms with E-state index in [1.807, 2.05) is 18.2 Å². The van der Waals surface area contributed by atoms with Gasteiger partial charge in [0.1, 0.15) is 5.69 Å².